The number of nitrogens with zero attached hydrogens (tertiary/aromatic N) is 1. The van der Waals surface area contributed by atoms with Crippen LogP contribution < -0.4 is 10.0 Å². The van der Waals surface area contributed by atoms with Crippen LogP contribution in [-0.4, -0.2) is 32.5 Å². The Morgan fingerprint density at radius 3 is 2.80 bits per heavy atom. The van der Waals surface area contributed by atoms with Crippen molar-refractivity contribution in [3.05, 3.63) is 34.1 Å². The molecule has 20 heavy (non-hydrogen) atoms. The predicted octanol–water partition coefficient (Wildman–Crippen LogP) is 0.764. The Bertz CT molecular complexity index is 614. The van der Waals surface area contributed by atoms with E-state index in [-0.39, 0.29) is 17.5 Å². The van der Waals surface area contributed by atoms with Gasteiger partial charge in [0.15, 0.2) is 0 Å². The van der Waals surface area contributed by atoms with Crippen molar-refractivity contribution in [3.63, 3.8) is 0 Å². The van der Waals surface area contributed by atoms with Crippen LogP contribution in [-0.2, 0) is 10.0 Å². The second-order valence-electron chi connectivity index (χ2n) is 4.52. The zero-order chi connectivity index (χ0) is 14.8. The van der Waals surface area contributed by atoms with Crippen molar-refractivity contribution in [1.29, 1.82) is 0 Å². The standard InChI is InChI=1S/C11H14FN3O4S/c12-10-6-9(3-4-11(10)15(16)17)20(18,19)14-7-8-2-1-5-13-8/h3-4,6,8,13-14H,1-2,5,7H2. The molecule has 1 fully saturated rings. The first-order valence-electron chi connectivity index (χ1n) is 6.07. The van der Waals surface area contributed by atoms with Crippen LogP contribution in [0.4, 0.5) is 10.1 Å². The smallest absolute Gasteiger partial charge is 0.304 e. The summed E-state index contributed by atoms with van der Waals surface area (Å²) in [5.74, 6) is -1.17. The first-order chi connectivity index (χ1) is 9.40. The van der Waals surface area contributed by atoms with Crippen molar-refractivity contribution in [1.82, 2.24) is 10.0 Å². The molecule has 1 aliphatic rings. The van der Waals surface area contributed by atoms with Gasteiger partial charge in [-0.3, -0.25) is 10.1 Å². The molecule has 110 valence electrons. The number of benzene rings is 1. The van der Waals surface area contributed by atoms with Crippen LogP contribution in [0.3, 0.4) is 0 Å². The summed E-state index contributed by atoms with van der Waals surface area (Å²) in [5, 5.41) is 13.6. The lowest BCUT2D eigenvalue weighted by molar-refractivity contribution is -0.387. The molecule has 0 spiro atoms. The van der Waals surface area contributed by atoms with Gasteiger partial charge >= 0.3 is 5.69 Å². The van der Waals surface area contributed by atoms with Gasteiger partial charge in [-0.2, -0.15) is 4.39 Å². The van der Waals surface area contributed by atoms with E-state index in [2.05, 4.69) is 10.0 Å². The van der Waals surface area contributed by atoms with Gasteiger partial charge in [-0.1, -0.05) is 0 Å². The number of halogens is 1. The van der Waals surface area contributed by atoms with Crippen molar-refractivity contribution >= 4 is 15.7 Å². The van der Waals surface area contributed by atoms with Crippen molar-refractivity contribution in [3.8, 4) is 0 Å². The molecule has 9 heteroatoms. The molecule has 0 saturated carbocycles. The average Bonchev–Trinajstić information content (AvgIpc) is 2.89. The van der Waals surface area contributed by atoms with Gasteiger partial charge in [0.05, 0.1) is 9.82 Å². The van der Waals surface area contributed by atoms with Gasteiger partial charge in [-0.15, -0.1) is 0 Å². The van der Waals surface area contributed by atoms with Gasteiger partial charge < -0.3 is 5.32 Å². The summed E-state index contributed by atoms with van der Waals surface area (Å²) in [6.07, 6.45) is 1.86. The summed E-state index contributed by atoms with van der Waals surface area (Å²) >= 11 is 0. The van der Waals surface area contributed by atoms with Gasteiger partial charge in [0.2, 0.25) is 15.8 Å². The molecule has 2 rings (SSSR count). The number of sulfonamides is 1. The summed E-state index contributed by atoms with van der Waals surface area (Å²) in [6, 6.07) is 2.58. The highest BCUT2D eigenvalue weighted by atomic mass is 32.2. The van der Waals surface area contributed by atoms with E-state index in [0.717, 1.165) is 31.5 Å². The van der Waals surface area contributed by atoms with Crippen LogP contribution >= 0.6 is 0 Å². The first kappa shape index (κ1) is 14.8. The molecule has 1 saturated heterocycles. The van der Waals surface area contributed by atoms with E-state index in [4.69, 9.17) is 0 Å². The maximum absolute atomic E-state index is 13.4. The average molecular weight is 303 g/mol. The first-order valence-corrected chi connectivity index (χ1v) is 7.55. The second kappa shape index (κ2) is 5.81. The highest BCUT2D eigenvalue weighted by Gasteiger charge is 2.22. The summed E-state index contributed by atoms with van der Waals surface area (Å²) in [4.78, 5) is 9.25. The van der Waals surface area contributed by atoms with Crippen LogP contribution in [0.5, 0.6) is 0 Å². The number of nitro groups is 1. The number of nitro benzene ring substituents is 1. The van der Waals surface area contributed by atoms with Gasteiger partial charge in [-0.25, -0.2) is 13.1 Å². The number of hydrogen-bond acceptors (Lipinski definition) is 5. The molecule has 1 aromatic rings. The molecule has 0 radical (unpaired) electrons. The van der Waals surface area contributed by atoms with Crippen LogP contribution in [0, 0.1) is 15.9 Å². The molecule has 0 aliphatic carbocycles. The van der Waals surface area contributed by atoms with E-state index < -0.39 is 26.5 Å². The Hall–Kier alpha value is -1.58. The fourth-order valence-corrected chi connectivity index (χ4v) is 3.12. The minimum absolute atomic E-state index is 0.0627. The lowest BCUT2D eigenvalue weighted by atomic mass is 10.2. The summed E-state index contributed by atoms with van der Waals surface area (Å²) < 4.78 is 39.7. The fraction of sp³-hybridized carbons (Fsp3) is 0.455. The van der Waals surface area contributed by atoms with E-state index in [1.54, 1.807) is 0 Å². The largest absolute Gasteiger partial charge is 0.313 e. The fourth-order valence-electron chi connectivity index (χ4n) is 2.03. The Labute approximate surface area is 115 Å². The summed E-state index contributed by atoms with van der Waals surface area (Å²) in [6.45, 7) is 1.06. The van der Waals surface area contributed by atoms with Crippen LogP contribution in [0.1, 0.15) is 12.8 Å². The molecule has 0 bridgehead atoms. The van der Waals surface area contributed by atoms with Gasteiger partial charge in [-0.05, 0) is 25.5 Å². The topological polar surface area (TPSA) is 101 Å². The van der Waals surface area contributed by atoms with Gasteiger partial charge in [0.25, 0.3) is 0 Å². The van der Waals surface area contributed by atoms with Crippen molar-refractivity contribution in [2.24, 2.45) is 0 Å². The maximum atomic E-state index is 13.4. The molecule has 0 aromatic heterocycles. The van der Waals surface area contributed by atoms with Crippen molar-refractivity contribution in [2.75, 3.05) is 13.1 Å². The molecule has 2 N–H and O–H groups in total. The predicted molar refractivity (Wildman–Crippen MR) is 69.3 cm³/mol. The summed E-state index contributed by atoms with van der Waals surface area (Å²) in [7, 11) is -3.87. The van der Waals surface area contributed by atoms with Crippen molar-refractivity contribution < 1.29 is 17.7 Å². The van der Waals surface area contributed by atoms with Crippen molar-refractivity contribution in [2.45, 2.75) is 23.8 Å². The SMILES string of the molecule is O=[N+]([O-])c1ccc(S(=O)(=O)NCC2CCCN2)cc1F. The third-order valence-electron chi connectivity index (χ3n) is 3.11. The third kappa shape index (κ3) is 3.30. The molecule has 1 aliphatic heterocycles. The molecule has 1 atom stereocenters. The number of nitrogens with one attached hydrogen (secondary N) is 2. The van der Waals surface area contributed by atoms with E-state index in [1.165, 1.54) is 0 Å². The highest BCUT2D eigenvalue weighted by Crippen LogP contribution is 2.20. The van der Waals surface area contributed by atoms with E-state index in [9.17, 15) is 22.9 Å². The highest BCUT2D eigenvalue weighted by molar-refractivity contribution is 7.89. The Morgan fingerprint density at radius 2 is 2.25 bits per heavy atom. The lowest BCUT2D eigenvalue weighted by Gasteiger charge is -2.12. The minimum Gasteiger partial charge on any atom is -0.313 e. The number of hydrogen-bond donors (Lipinski definition) is 2. The number of rotatable bonds is 5. The van der Waals surface area contributed by atoms with Crippen LogP contribution in [0.2, 0.25) is 0 Å². The zero-order valence-electron chi connectivity index (χ0n) is 10.5. The van der Waals surface area contributed by atoms with Crippen LogP contribution in [0.15, 0.2) is 23.1 Å². The Morgan fingerprint density at radius 1 is 1.50 bits per heavy atom. The molecule has 1 heterocycles. The quantitative estimate of drug-likeness (QED) is 0.618. The minimum atomic E-state index is -3.87. The lowest BCUT2D eigenvalue weighted by Crippen LogP contribution is -2.37. The second-order valence-corrected chi connectivity index (χ2v) is 6.28. The molecule has 0 amide bonds. The molecular weight excluding hydrogens is 289 g/mol. The zero-order valence-corrected chi connectivity index (χ0v) is 11.3. The van der Waals surface area contributed by atoms with E-state index in [0.29, 0.717) is 6.07 Å². The third-order valence-corrected chi connectivity index (χ3v) is 4.53. The maximum Gasteiger partial charge on any atom is 0.304 e. The molecule has 1 aromatic carbocycles. The molecular formula is C11H14FN3O4S. The molecule has 7 nitrogen and oxygen atoms in total. The van der Waals surface area contributed by atoms with E-state index in [1.807, 2.05) is 0 Å². The van der Waals surface area contributed by atoms with E-state index >= 15 is 0 Å². The Balaban J connectivity index is 2.12. The molecule has 1 unspecified atom stereocenters. The Kier molecular flexibility index (Phi) is 4.31. The van der Waals surface area contributed by atoms with Gasteiger partial charge in [0.1, 0.15) is 0 Å². The normalized spacial score (nSPS) is 19.1. The van der Waals surface area contributed by atoms with Gasteiger partial charge in [0, 0.05) is 24.7 Å². The van der Waals surface area contributed by atoms with Crippen LogP contribution in [0.25, 0.3) is 0 Å². The monoisotopic (exact) mass is 303 g/mol. The summed E-state index contributed by atoms with van der Waals surface area (Å²) in [5.41, 5.74) is -0.749.